The highest BCUT2D eigenvalue weighted by Gasteiger charge is 2.13. The summed E-state index contributed by atoms with van der Waals surface area (Å²) in [5, 5.41) is 17.7. The molecular formula is C28H41NO6. The van der Waals surface area contributed by atoms with Gasteiger partial charge < -0.3 is 29.2 Å². The summed E-state index contributed by atoms with van der Waals surface area (Å²) >= 11 is 0. The van der Waals surface area contributed by atoms with Crippen LogP contribution in [0.5, 0.6) is 11.5 Å². The molecule has 2 rings (SSSR count). The predicted octanol–water partition coefficient (Wildman–Crippen LogP) is 4.85. The highest BCUT2D eigenvalue weighted by atomic mass is 16.6. The number of benzene rings is 2. The minimum absolute atomic E-state index is 0.0210. The van der Waals surface area contributed by atoms with E-state index in [-0.39, 0.29) is 19.8 Å². The van der Waals surface area contributed by atoms with Gasteiger partial charge in [0.2, 0.25) is 0 Å². The van der Waals surface area contributed by atoms with Crippen LogP contribution >= 0.6 is 0 Å². The van der Waals surface area contributed by atoms with Gasteiger partial charge in [0.1, 0.15) is 13.2 Å². The molecule has 194 valence electrons. The first-order chi connectivity index (χ1) is 17.0. The van der Waals surface area contributed by atoms with Crippen molar-refractivity contribution in [1.29, 1.82) is 0 Å². The molecule has 0 saturated heterocycles. The fourth-order valence-electron chi connectivity index (χ4n) is 3.49. The van der Waals surface area contributed by atoms with E-state index >= 15 is 0 Å². The Morgan fingerprint density at radius 3 is 1.97 bits per heavy atom. The van der Waals surface area contributed by atoms with Gasteiger partial charge in [-0.15, -0.1) is 0 Å². The van der Waals surface area contributed by atoms with Crippen molar-refractivity contribution in [2.45, 2.75) is 46.0 Å². The van der Waals surface area contributed by atoms with Crippen molar-refractivity contribution in [2.75, 3.05) is 52.9 Å². The fraction of sp³-hybridized carbons (Fsp3) is 0.536. The van der Waals surface area contributed by atoms with Gasteiger partial charge in [0.05, 0.1) is 32.1 Å². The molecule has 0 atom stereocenters. The number of para-hydroxylation sites is 1. The van der Waals surface area contributed by atoms with Crippen LogP contribution in [0.4, 0.5) is 5.69 Å². The smallest absolute Gasteiger partial charge is 0.161 e. The van der Waals surface area contributed by atoms with E-state index in [1.54, 1.807) is 0 Å². The maximum Gasteiger partial charge on any atom is 0.161 e. The van der Waals surface area contributed by atoms with Crippen molar-refractivity contribution in [3.05, 3.63) is 53.1 Å². The van der Waals surface area contributed by atoms with Gasteiger partial charge in [-0.25, -0.2) is 0 Å². The minimum Gasteiger partial charge on any atom is -0.487 e. The molecule has 7 heteroatoms. The molecule has 2 N–H and O–H groups in total. The molecule has 2 aromatic carbocycles. The van der Waals surface area contributed by atoms with Gasteiger partial charge in [-0.05, 0) is 53.1 Å². The number of hydrogen-bond donors (Lipinski definition) is 2. The molecule has 0 spiro atoms. The van der Waals surface area contributed by atoms with Crippen LogP contribution in [-0.2, 0) is 9.47 Å². The molecule has 2 aromatic rings. The summed E-state index contributed by atoms with van der Waals surface area (Å²) in [6.45, 7) is 11.1. The minimum atomic E-state index is -0.0210. The first-order valence-electron chi connectivity index (χ1n) is 12.4. The topological polar surface area (TPSA) is 89.7 Å². The van der Waals surface area contributed by atoms with Crippen LogP contribution in [0.2, 0.25) is 0 Å². The van der Waals surface area contributed by atoms with Crippen molar-refractivity contribution >= 4 is 11.9 Å². The summed E-state index contributed by atoms with van der Waals surface area (Å²) in [7, 11) is 0. The summed E-state index contributed by atoms with van der Waals surface area (Å²) in [6, 6.07) is 12.1. The Bertz CT molecular complexity index is 871. The third kappa shape index (κ3) is 9.98. The number of aliphatic imine (C=N–C) groups is 1. The van der Waals surface area contributed by atoms with Crippen molar-refractivity contribution in [3.63, 3.8) is 0 Å². The van der Waals surface area contributed by atoms with Crippen LogP contribution in [0, 0.1) is 0 Å². The number of aliphatic hydroxyl groups is 2. The van der Waals surface area contributed by atoms with Crippen LogP contribution in [0.1, 0.15) is 62.6 Å². The zero-order valence-electron chi connectivity index (χ0n) is 21.5. The Morgan fingerprint density at radius 1 is 0.743 bits per heavy atom. The maximum atomic E-state index is 8.87. The van der Waals surface area contributed by atoms with Gasteiger partial charge in [0.15, 0.2) is 11.5 Å². The number of nitrogens with zero attached hydrogens (tertiary/aromatic N) is 1. The zero-order valence-corrected chi connectivity index (χ0v) is 21.5. The molecule has 0 aliphatic heterocycles. The number of aliphatic hydroxyl groups excluding tert-OH is 2. The van der Waals surface area contributed by atoms with E-state index in [1.165, 1.54) is 11.1 Å². The molecule has 35 heavy (non-hydrogen) atoms. The Morgan fingerprint density at radius 2 is 1.37 bits per heavy atom. The third-order valence-corrected chi connectivity index (χ3v) is 5.31. The first-order valence-corrected chi connectivity index (χ1v) is 12.4. The van der Waals surface area contributed by atoms with Gasteiger partial charge in [-0.3, -0.25) is 4.99 Å². The fourth-order valence-corrected chi connectivity index (χ4v) is 3.49. The van der Waals surface area contributed by atoms with Gasteiger partial charge in [0.25, 0.3) is 0 Å². The van der Waals surface area contributed by atoms with Crippen LogP contribution in [0.25, 0.3) is 0 Å². The van der Waals surface area contributed by atoms with E-state index in [2.05, 4.69) is 45.9 Å². The summed E-state index contributed by atoms with van der Waals surface area (Å²) in [5.74, 6) is 1.95. The lowest BCUT2D eigenvalue weighted by Crippen LogP contribution is -2.11. The van der Waals surface area contributed by atoms with Crippen molar-refractivity contribution in [2.24, 2.45) is 4.99 Å². The van der Waals surface area contributed by atoms with Crippen LogP contribution in [0.15, 0.2) is 41.4 Å². The van der Waals surface area contributed by atoms with E-state index < -0.39 is 0 Å². The predicted molar refractivity (Wildman–Crippen MR) is 140 cm³/mol. The summed E-state index contributed by atoms with van der Waals surface area (Å²) in [4.78, 5) is 4.90. The Labute approximate surface area is 209 Å². The van der Waals surface area contributed by atoms with Crippen molar-refractivity contribution in [3.8, 4) is 11.5 Å². The molecule has 0 amide bonds. The lowest BCUT2D eigenvalue weighted by atomic mass is 9.93. The lowest BCUT2D eigenvalue weighted by molar-refractivity contribution is 0.0681. The highest BCUT2D eigenvalue weighted by molar-refractivity contribution is 5.84. The van der Waals surface area contributed by atoms with E-state index in [0.717, 1.165) is 11.3 Å². The molecule has 0 heterocycles. The van der Waals surface area contributed by atoms with E-state index in [9.17, 15) is 0 Å². The average Bonchev–Trinajstić information content (AvgIpc) is 2.85. The number of ether oxygens (including phenoxy) is 4. The quantitative estimate of drug-likeness (QED) is 0.245. The molecule has 0 fully saturated rings. The molecule has 0 bridgehead atoms. The second-order valence-electron chi connectivity index (χ2n) is 8.78. The second-order valence-corrected chi connectivity index (χ2v) is 8.78. The Balaban J connectivity index is 2.20. The third-order valence-electron chi connectivity index (χ3n) is 5.31. The molecule has 0 aromatic heterocycles. The van der Waals surface area contributed by atoms with Crippen LogP contribution in [-0.4, -0.2) is 69.3 Å². The van der Waals surface area contributed by atoms with Gasteiger partial charge in [0, 0.05) is 19.4 Å². The number of rotatable bonds is 17. The molecule has 7 nitrogen and oxygen atoms in total. The molecule has 0 unspecified atom stereocenters. The summed E-state index contributed by atoms with van der Waals surface area (Å²) < 4.78 is 22.6. The van der Waals surface area contributed by atoms with Crippen LogP contribution in [0.3, 0.4) is 0 Å². The molecule has 0 saturated carbocycles. The summed E-state index contributed by atoms with van der Waals surface area (Å²) in [6.07, 6.45) is 2.47. The van der Waals surface area contributed by atoms with E-state index in [4.69, 9.17) is 34.2 Å². The average molecular weight is 488 g/mol. The summed E-state index contributed by atoms with van der Waals surface area (Å²) in [5.41, 5.74) is 4.38. The Hall–Kier alpha value is -2.45. The highest BCUT2D eigenvalue weighted by Crippen LogP contribution is 2.35. The first kappa shape index (κ1) is 28.8. The van der Waals surface area contributed by atoms with E-state index in [1.807, 2.05) is 24.4 Å². The van der Waals surface area contributed by atoms with Crippen LogP contribution < -0.4 is 9.47 Å². The van der Waals surface area contributed by atoms with Gasteiger partial charge in [-0.1, -0.05) is 45.9 Å². The molecule has 0 aliphatic rings. The SMILES string of the molecule is CC(C)c1cccc(C(C)C)c1N=Cc1ccc(OCCOCCCO)c(OCCOCCO)c1. The van der Waals surface area contributed by atoms with Crippen molar-refractivity contribution in [1.82, 2.24) is 0 Å². The normalized spacial score (nSPS) is 11.7. The van der Waals surface area contributed by atoms with E-state index in [0.29, 0.717) is 62.8 Å². The van der Waals surface area contributed by atoms with Crippen molar-refractivity contribution < 1.29 is 29.2 Å². The monoisotopic (exact) mass is 487 g/mol. The lowest BCUT2D eigenvalue weighted by Gasteiger charge is -2.16. The number of hydrogen-bond acceptors (Lipinski definition) is 7. The zero-order chi connectivity index (χ0) is 25.5. The standard InChI is InChI=1S/C28H41NO6/c1-21(2)24-7-5-8-25(22(3)4)28(24)29-20-23-9-10-26(34-17-15-32-13-6-11-30)27(19-23)35-18-16-33-14-12-31/h5,7-10,19-22,30-31H,6,11-18H2,1-4H3. The Kier molecular flexibility index (Phi) is 13.4. The second kappa shape index (κ2) is 16.3. The largest absolute Gasteiger partial charge is 0.487 e. The molecule has 0 aliphatic carbocycles. The maximum absolute atomic E-state index is 8.87. The van der Waals surface area contributed by atoms with Gasteiger partial charge >= 0.3 is 0 Å². The van der Waals surface area contributed by atoms with Gasteiger partial charge in [-0.2, -0.15) is 0 Å². The molecule has 0 radical (unpaired) electrons. The molecular weight excluding hydrogens is 446 g/mol.